The lowest BCUT2D eigenvalue weighted by molar-refractivity contribution is -0.385. The monoisotopic (exact) mass is 284 g/mol. The molecule has 1 aromatic rings. The fraction of sp³-hybridized carbons (Fsp3) is 0.538. The van der Waals surface area contributed by atoms with E-state index in [9.17, 15) is 15.2 Å². The van der Waals surface area contributed by atoms with Gasteiger partial charge in [-0.2, -0.15) is 0 Å². The van der Waals surface area contributed by atoms with Gasteiger partial charge in [-0.15, -0.1) is 0 Å². The van der Waals surface area contributed by atoms with Crippen molar-refractivity contribution >= 4 is 5.69 Å². The first kappa shape index (κ1) is 16.2. The molecule has 1 atom stereocenters. The van der Waals surface area contributed by atoms with Crippen LogP contribution in [0.15, 0.2) is 18.2 Å². The zero-order valence-electron chi connectivity index (χ0n) is 11.8. The summed E-state index contributed by atoms with van der Waals surface area (Å²) in [4.78, 5) is 10.2. The van der Waals surface area contributed by atoms with E-state index in [1.165, 1.54) is 25.3 Å². The number of rotatable bonds is 8. The average molecular weight is 284 g/mol. The Morgan fingerprint density at radius 1 is 1.40 bits per heavy atom. The van der Waals surface area contributed by atoms with Crippen LogP contribution in [0.5, 0.6) is 11.5 Å². The predicted octanol–water partition coefficient (Wildman–Crippen LogP) is 1.34. The highest BCUT2D eigenvalue weighted by atomic mass is 16.6. The van der Waals surface area contributed by atoms with Gasteiger partial charge < -0.3 is 19.9 Å². The number of nitro benzene ring substituents is 1. The summed E-state index contributed by atoms with van der Waals surface area (Å²) < 4.78 is 10.5. The maximum absolute atomic E-state index is 10.7. The first-order chi connectivity index (χ1) is 9.43. The molecule has 0 aliphatic heterocycles. The van der Waals surface area contributed by atoms with E-state index in [0.717, 1.165) is 0 Å². The molecule has 1 unspecified atom stereocenters. The van der Waals surface area contributed by atoms with Crippen LogP contribution in [0.1, 0.15) is 13.8 Å². The van der Waals surface area contributed by atoms with Crippen molar-refractivity contribution < 1.29 is 19.5 Å². The van der Waals surface area contributed by atoms with Gasteiger partial charge >= 0.3 is 0 Å². The van der Waals surface area contributed by atoms with Gasteiger partial charge in [0.05, 0.1) is 18.1 Å². The molecule has 0 aromatic heterocycles. The molecule has 0 spiro atoms. The second-order valence-corrected chi connectivity index (χ2v) is 4.62. The highest BCUT2D eigenvalue weighted by Gasteiger charge is 2.14. The summed E-state index contributed by atoms with van der Waals surface area (Å²) in [5.74, 6) is 0.630. The molecule has 1 rings (SSSR count). The predicted molar refractivity (Wildman–Crippen MR) is 74.3 cm³/mol. The van der Waals surface area contributed by atoms with Gasteiger partial charge in [0, 0.05) is 18.7 Å². The quantitative estimate of drug-likeness (QED) is 0.552. The SMILES string of the molecule is COc1ccc([N+](=O)[O-])cc1OCC(O)CNC(C)C. The van der Waals surface area contributed by atoms with Gasteiger partial charge in [0.25, 0.3) is 5.69 Å². The molecule has 2 N–H and O–H groups in total. The van der Waals surface area contributed by atoms with Crippen LogP contribution in [-0.4, -0.2) is 42.4 Å². The van der Waals surface area contributed by atoms with Gasteiger partial charge in [-0.05, 0) is 6.07 Å². The van der Waals surface area contributed by atoms with Crippen LogP contribution >= 0.6 is 0 Å². The molecule has 0 fully saturated rings. The van der Waals surface area contributed by atoms with Crippen molar-refractivity contribution in [3.63, 3.8) is 0 Å². The van der Waals surface area contributed by atoms with Crippen molar-refractivity contribution in [3.05, 3.63) is 28.3 Å². The van der Waals surface area contributed by atoms with Crippen LogP contribution in [0, 0.1) is 10.1 Å². The van der Waals surface area contributed by atoms with E-state index in [2.05, 4.69) is 5.32 Å². The number of benzene rings is 1. The van der Waals surface area contributed by atoms with Gasteiger partial charge in [-0.25, -0.2) is 0 Å². The Morgan fingerprint density at radius 3 is 2.65 bits per heavy atom. The second kappa shape index (κ2) is 7.66. The Balaban J connectivity index is 2.65. The molecule has 7 nitrogen and oxygen atoms in total. The lowest BCUT2D eigenvalue weighted by atomic mass is 10.2. The van der Waals surface area contributed by atoms with Crippen LogP contribution in [-0.2, 0) is 0 Å². The van der Waals surface area contributed by atoms with E-state index in [-0.39, 0.29) is 24.1 Å². The van der Waals surface area contributed by atoms with Gasteiger partial charge in [0.2, 0.25) is 0 Å². The number of ether oxygens (including phenoxy) is 2. The summed E-state index contributed by atoms with van der Waals surface area (Å²) in [5.41, 5.74) is -0.0874. The van der Waals surface area contributed by atoms with E-state index in [0.29, 0.717) is 12.3 Å². The van der Waals surface area contributed by atoms with Gasteiger partial charge in [0.1, 0.15) is 12.7 Å². The zero-order valence-corrected chi connectivity index (χ0v) is 11.8. The fourth-order valence-electron chi connectivity index (χ4n) is 1.51. The van der Waals surface area contributed by atoms with Gasteiger partial charge in [-0.1, -0.05) is 13.8 Å². The molecule has 1 aromatic carbocycles. The minimum absolute atomic E-state index is 0.0250. The summed E-state index contributed by atoms with van der Waals surface area (Å²) in [5, 5.41) is 23.5. The first-order valence-electron chi connectivity index (χ1n) is 6.30. The molecule has 0 bridgehead atoms. The highest BCUT2D eigenvalue weighted by Crippen LogP contribution is 2.31. The molecule has 7 heteroatoms. The second-order valence-electron chi connectivity index (χ2n) is 4.62. The van der Waals surface area contributed by atoms with E-state index >= 15 is 0 Å². The number of nitrogens with one attached hydrogen (secondary N) is 1. The number of nitrogens with zero attached hydrogens (tertiary/aromatic N) is 1. The molecule has 112 valence electrons. The molecule has 0 radical (unpaired) electrons. The van der Waals surface area contributed by atoms with E-state index in [1.807, 2.05) is 13.8 Å². The maximum Gasteiger partial charge on any atom is 0.273 e. The molecular formula is C13H20N2O5. The number of hydrogen-bond acceptors (Lipinski definition) is 6. The molecule has 0 saturated heterocycles. The topological polar surface area (TPSA) is 93.9 Å². The van der Waals surface area contributed by atoms with Crippen molar-refractivity contribution in [1.82, 2.24) is 5.32 Å². The third kappa shape index (κ3) is 5.02. The molecule has 0 aliphatic carbocycles. The summed E-state index contributed by atoms with van der Waals surface area (Å²) in [6, 6.07) is 4.34. The van der Waals surface area contributed by atoms with Crippen LogP contribution in [0.3, 0.4) is 0 Å². The van der Waals surface area contributed by atoms with Crippen LogP contribution in [0.2, 0.25) is 0 Å². The summed E-state index contributed by atoms with van der Waals surface area (Å²) in [6.07, 6.45) is -0.707. The Bertz CT molecular complexity index is 450. The summed E-state index contributed by atoms with van der Waals surface area (Å²) in [7, 11) is 1.45. The minimum atomic E-state index is -0.707. The normalized spacial score (nSPS) is 12.2. The number of aliphatic hydroxyl groups is 1. The maximum atomic E-state index is 10.7. The third-order valence-electron chi connectivity index (χ3n) is 2.55. The van der Waals surface area contributed by atoms with E-state index < -0.39 is 11.0 Å². The first-order valence-corrected chi connectivity index (χ1v) is 6.30. The highest BCUT2D eigenvalue weighted by molar-refractivity contribution is 5.48. The molecule has 0 saturated carbocycles. The van der Waals surface area contributed by atoms with Crippen molar-refractivity contribution in [2.75, 3.05) is 20.3 Å². The van der Waals surface area contributed by atoms with Crippen molar-refractivity contribution in [2.24, 2.45) is 0 Å². The Morgan fingerprint density at radius 2 is 2.10 bits per heavy atom. The molecule has 0 amide bonds. The minimum Gasteiger partial charge on any atom is -0.493 e. The molecular weight excluding hydrogens is 264 g/mol. The fourth-order valence-corrected chi connectivity index (χ4v) is 1.51. The van der Waals surface area contributed by atoms with Crippen molar-refractivity contribution in [1.29, 1.82) is 0 Å². The van der Waals surface area contributed by atoms with E-state index in [4.69, 9.17) is 9.47 Å². The van der Waals surface area contributed by atoms with Crippen LogP contribution < -0.4 is 14.8 Å². The lowest BCUT2D eigenvalue weighted by Crippen LogP contribution is -2.35. The average Bonchev–Trinajstić information content (AvgIpc) is 2.42. The number of aliphatic hydroxyl groups excluding tert-OH is 1. The number of nitro groups is 1. The van der Waals surface area contributed by atoms with Gasteiger partial charge in [-0.3, -0.25) is 10.1 Å². The van der Waals surface area contributed by atoms with Crippen molar-refractivity contribution in [3.8, 4) is 11.5 Å². The number of hydrogen-bond donors (Lipinski definition) is 2. The molecule has 0 aliphatic rings. The smallest absolute Gasteiger partial charge is 0.273 e. The summed E-state index contributed by atoms with van der Waals surface area (Å²) in [6.45, 7) is 4.35. The van der Waals surface area contributed by atoms with Crippen LogP contribution in [0.25, 0.3) is 0 Å². The summed E-state index contributed by atoms with van der Waals surface area (Å²) >= 11 is 0. The molecule has 20 heavy (non-hydrogen) atoms. The lowest BCUT2D eigenvalue weighted by Gasteiger charge is -2.16. The Labute approximate surface area is 117 Å². The zero-order chi connectivity index (χ0) is 15.1. The van der Waals surface area contributed by atoms with Crippen LogP contribution in [0.4, 0.5) is 5.69 Å². The number of non-ortho nitro benzene ring substituents is 1. The van der Waals surface area contributed by atoms with Crippen molar-refractivity contribution in [2.45, 2.75) is 26.0 Å². The van der Waals surface area contributed by atoms with Gasteiger partial charge in [0.15, 0.2) is 11.5 Å². The largest absolute Gasteiger partial charge is 0.493 e. The van der Waals surface area contributed by atoms with E-state index in [1.54, 1.807) is 0 Å². The standard InChI is InChI=1S/C13H20N2O5/c1-9(2)14-7-11(16)8-20-13-6-10(15(17)18)4-5-12(13)19-3/h4-6,9,11,14,16H,7-8H2,1-3H3. The number of methoxy groups -OCH3 is 1. The third-order valence-corrected chi connectivity index (χ3v) is 2.55. The Hall–Kier alpha value is -1.86. The molecule has 0 heterocycles. The Kier molecular flexibility index (Phi) is 6.20.